The molecule has 0 atom stereocenters. The second kappa shape index (κ2) is 17.5. The van der Waals surface area contributed by atoms with Crippen LogP contribution in [0.2, 0.25) is 0 Å². The van der Waals surface area contributed by atoms with Crippen LogP contribution in [0, 0.1) is 6.92 Å². The van der Waals surface area contributed by atoms with E-state index in [4.69, 9.17) is 4.74 Å². The van der Waals surface area contributed by atoms with E-state index >= 15 is 0 Å². The van der Waals surface area contributed by atoms with E-state index in [1.54, 1.807) is 0 Å². The van der Waals surface area contributed by atoms with E-state index in [-0.39, 0.29) is 5.97 Å². The predicted octanol–water partition coefficient (Wildman–Crippen LogP) is 6.24. The van der Waals surface area contributed by atoms with Gasteiger partial charge < -0.3 is 4.74 Å². The lowest BCUT2D eigenvalue weighted by Gasteiger charge is -2.04. The van der Waals surface area contributed by atoms with E-state index in [9.17, 15) is 4.79 Å². The summed E-state index contributed by atoms with van der Waals surface area (Å²) in [6.07, 6.45) is 18.6. The standard InChI is InChI=1S/C19H37O2/c1-3-5-6-7-8-9-10-11-12-13-14-15-16-17-19(20)21-18-4-2/h2-18H2,1H3. The summed E-state index contributed by atoms with van der Waals surface area (Å²) in [5.74, 6) is -0.0540. The Balaban J connectivity index is 3.04. The van der Waals surface area contributed by atoms with Crippen LogP contribution in [0.25, 0.3) is 0 Å². The third kappa shape index (κ3) is 17.4. The van der Waals surface area contributed by atoms with Gasteiger partial charge in [0.2, 0.25) is 0 Å². The zero-order valence-corrected chi connectivity index (χ0v) is 14.3. The molecule has 0 spiro atoms. The summed E-state index contributed by atoms with van der Waals surface area (Å²) in [5, 5.41) is 0. The largest absolute Gasteiger partial charge is 0.466 e. The first kappa shape index (κ1) is 20.5. The number of carbonyl (C=O) groups excluding carboxylic acids is 1. The lowest BCUT2D eigenvalue weighted by molar-refractivity contribution is -0.143. The van der Waals surface area contributed by atoms with Gasteiger partial charge in [-0.3, -0.25) is 4.79 Å². The second-order valence-corrected chi connectivity index (χ2v) is 6.07. The van der Waals surface area contributed by atoms with Crippen LogP contribution in [0.5, 0.6) is 0 Å². The van der Waals surface area contributed by atoms with Crippen molar-refractivity contribution in [1.82, 2.24) is 0 Å². The zero-order valence-electron chi connectivity index (χ0n) is 14.3. The predicted molar refractivity (Wildman–Crippen MR) is 91.2 cm³/mol. The Morgan fingerprint density at radius 3 is 1.62 bits per heavy atom. The molecule has 0 saturated heterocycles. The molecule has 1 radical (unpaired) electrons. The third-order valence-corrected chi connectivity index (χ3v) is 3.89. The first-order chi connectivity index (χ1) is 10.3. The van der Waals surface area contributed by atoms with Crippen molar-refractivity contribution in [3.63, 3.8) is 0 Å². The molecule has 0 heterocycles. The molecular weight excluding hydrogens is 260 g/mol. The number of carbonyl (C=O) groups is 1. The Morgan fingerprint density at radius 1 is 0.762 bits per heavy atom. The van der Waals surface area contributed by atoms with E-state index < -0.39 is 0 Å². The molecule has 0 N–H and O–H groups in total. The van der Waals surface area contributed by atoms with Gasteiger partial charge in [-0.25, -0.2) is 0 Å². The monoisotopic (exact) mass is 297 g/mol. The van der Waals surface area contributed by atoms with E-state index in [0.29, 0.717) is 19.4 Å². The molecule has 2 heteroatoms. The summed E-state index contributed by atoms with van der Waals surface area (Å²) in [5.41, 5.74) is 0. The van der Waals surface area contributed by atoms with Gasteiger partial charge in [0.25, 0.3) is 0 Å². The normalized spacial score (nSPS) is 10.8. The quantitative estimate of drug-likeness (QED) is 0.249. The van der Waals surface area contributed by atoms with Gasteiger partial charge in [0.15, 0.2) is 0 Å². The average Bonchev–Trinajstić information content (AvgIpc) is 2.49. The SMILES string of the molecule is [CH2]CCOC(=O)CCCCCCCCCCCCCCC. The number of hydrogen-bond donors (Lipinski definition) is 0. The fourth-order valence-corrected chi connectivity index (χ4v) is 2.55. The maximum atomic E-state index is 11.3. The van der Waals surface area contributed by atoms with Crippen LogP contribution in [0.1, 0.15) is 103 Å². The Hall–Kier alpha value is -0.530. The van der Waals surface area contributed by atoms with Gasteiger partial charge in [-0.1, -0.05) is 84.0 Å². The van der Waals surface area contributed by atoms with Crippen molar-refractivity contribution in [2.24, 2.45) is 0 Å². The van der Waals surface area contributed by atoms with Crippen molar-refractivity contribution in [1.29, 1.82) is 0 Å². The molecule has 21 heavy (non-hydrogen) atoms. The molecular formula is C19H37O2. The molecule has 0 aromatic carbocycles. The maximum absolute atomic E-state index is 11.3. The van der Waals surface area contributed by atoms with E-state index in [0.717, 1.165) is 12.8 Å². The van der Waals surface area contributed by atoms with Crippen molar-refractivity contribution in [3.8, 4) is 0 Å². The van der Waals surface area contributed by atoms with Crippen molar-refractivity contribution < 1.29 is 9.53 Å². The van der Waals surface area contributed by atoms with Gasteiger partial charge in [0.05, 0.1) is 6.61 Å². The lowest BCUT2D eigenvalue weighted by Crippen LogP contribution is -2.04. The number of ether oxygens (including phenoxy) is 1. The molecule has 0 aromatic rings. The van der Waals surface area contributed by atoms with Crippen LogP contribution in [0.3, 0.4) is 0 Å². The molecule has 0 aliphatic heterocycles. The van der Waals surface area contributed by atoms with E-state index in [2.05, 4.69) is 13.8 Å². The van der Waals surface area contributed by atoms with Gasteiger partial charge in [0.1, 0.15) is 0 Å². The van der Waals surface area contributed by atoms with Crippen LogP contribution in [-0.2, 0) is 9.53 Å². The number of hydrogen-bond acceptors (Lipinski definition) is 2. The first-order valence-corrected chi connectivity index (χ1v) is 9.26. The number of rotatable bonds is 16. The molecule has 0 bridgehead atoms. The number of unbranched alkanes of at least 4 members (excludes halogenated alkanes) is 12. The minimum Gasteiger partial charge on any atom is -0.466 e. The lowest BCUT2D eigenvalue weighted by atomic mass is 10.0. The minimum atomic E-state index is -0.0540. The maximum Gasteiger partial charge on any atom is 0.305 e. The third-order valence-electron chi connectivity index (χ3n) is 3.89. The van der Waals surface area contributed by atoms with Crippen molar-refractivity contribution in [3.05, 3.63) is 6.92 Å². The van der Waals surface area contributed by atoms with Crippen LogP contribution >= 0.6 is 0 Å². The van der Waals surface area contributed by atoms with Gasteiger partial charge in [0, 0.05) is 6.42 Å². The first-order valence-electron chi connectivity index (χ1n) is 9.26. The highest BCUT2D eigenvalue weighted by molar-refractivity contribution is 5.69. The van der Waals surface area contributed by atoms with Crippen LogP contribution in [-0.4, -0.2) is 12.6 Å². The highest BCUT2D eigenvalue weighted by atomic mass is 16.5. The molecule has 0 amide bonds. The van der Waals surface area contributed by atoms with Gasteiger partial charge in [-0.05, 0) is 19.8 Å². The second-order valence-electron chi connectivity index (χ2n) is 6.07. The Kier molecular flexibility index (Phi) is 17.1. The van der Waals surface area contributed by atoms with Crippen LogP contribution < -0.4 is 0 Å². The molecule has 0 fully saturated rings. The summed E-state index contributed by atoms with van der Waals surface area (Å²) in [6, 6.07) is 0. The summed E-state index contributed by atoms with van der Waals surface area (Å²) in [6.45, 7) is 6.39. The molecule has 0 unspecified atom stereocenters. The fraction of sp³-hybridized carbons (Fsp3) is 0.895. The van der Waals surface area contributed by atoms with Crippen molar-refractivity contribution >= 4 is 5.97 Å². The average molecular weight is 298 g/mol. The zero-order chi connectivity index (χ0) is 15.6. The Morgan fingerprint density at radius 2 is 1.19 bits per heavy atom. The highest BCUT2D eigenvalue weighted by Crippen LogP contribution is 2.13. The summed E-state index contributed by atoms with van der Waals surface area (Å²) < 4.78 is 5.00. The van der Waals surface area contributed by atoms with E-state index in [1.807, 2.05) is 0 Å². The van der Waals surface area contributed by atoms with Gasteiger partial charge in [-0.15, -0.1) is 0 Å². The molecule has 2 nitrogen and oxygen atoms in total. The van der Waals surface area contributed by atoms with E-state index in [1.165, 1.54) is 70.6 Å². The molecule has 0 saturated carbocycles. The Labute approximate surface area is 133 Å². The number of esters is 1. The smallest absolute Gasteiger partial charge is 0.305 e. The molecule has 0 aliphatic rings. The van der Waals surface area contributed by atoms with Crippen molar-refractivity contribution in [2.45, 2.75) is 103 Å². The molecule has 0 aromatic heterocycles. The summed E-state index contributed by atoms with van der Waals surface area (Å²) in [4.78, 5) is 11.3. The van der Waals surface area contributed by atoms with Crippen LogP contribution in [0.4, 0.5) is 0 Å². The Bertz CT molecular complexity index is 214. The fourth-order valence-electron chi connectivity index (χ4n) is 2.55. The highest BCUT2D eigenvalue weighted by Gasteiger charge is 2.01. The van der Waals surface area contributed by atoms with Crippen LogP contribution in [0.15, 0.2) is 0 Å². The summed E-state index contributed by atoms with van der Waals surface area (Å²) >= 11 is 0. The molecule has 0 rings (SSSR count). The van der Waals surface area contributed by atoms with Crippen molar-refractivity contribution in [2.75, 3.05) is 6.61 Å². The summed E-state index contributed by atoms with van der Waals surface area (Å²) in [7, 11) is 0. The molecule has 125 valence electrons. The van der Waals surface area contributed by atoms with Gasteiger partial charge in [-0.2, -0.15) is 0 Å². The topological polar surface area (TPSA) is 26.3 Å². The minimum absolute atomic E-state index is 0.0540. The van der Waals surface area contributed by atoms with Gasteiger partial charge >= 0.3 is 5.97 Å². The molecule has 0 aliphatic carbocycles.